The van der Waals surface area contributed by atoms with Gasteiger partial charge in [0.15, 0.2) is 0 Å². The number of nitrogens with two attached hydrogens (primary N) is 1. The van der Waals surface area contributed by atoms with E-state index in [0.29, 0.717) is 25.2 Å². The van der Waals surface area contributed by atoms with Crippen LogP contribution in [0.15, 0.2) is 48.5 Å². The third kappa shape index (κ3) is 6.28. The molecule has 0 spiro atoms. The fourth-order valence-electron chi connectivity index (χ4n) is 2.60. The van der Waals surface area contributed by atoms with Gasteiger partial charge in [0.2, 0.25) is 0 Å². The minimum absolute atomic E-state index is 0.306. The number of nitrogens with zero attached hydrogens (tertiary/aromatic N) is 1. The second-order valence-corrected chi connectivity index (χ2v) is 7.64. The zero-order valence-electron chi connectivity index (χ0n) is 14.5. The highest BCUT2D eigenvalue weighted by Crippen LogP contribution is 2.38. The van der Waals surface area contributed by atoms with E-state index in [2.05, 4.69) is 0 Å². The molecule has 2 aromatic carbocycles. The largest absolute Gasteiger partial charge is 0.453 e. The Bertz CT molecular complexity index is 788. The Hall–Kier alpha value is -2.18. The van der Waals surface area contributed by atoms with Gasteiger partial charge in [0, 0.05) is 19.6 Å². The summed E-state index contributed by atoms with van der Waals surface area (Å²) >= 11 is 0. The summed E-state index contributed by atoms with van der Waals surface area (Å²) < 4.78 is 15.9. The first-order chi connectivity index (χ1) is 12.3. The van der Waals surface area contributed by atoms with Crippen molar-refractivity contribution in [1.82, 2.24) is 4.90 Å². The Morgan fingerprint density at radius 1 is 1.04 bits per heavy atom. The third-order valence-corrected chi connectivity index (χ3v) is 4.60. The predicted molar refractivity (Wildman–Crippen MR) is 98.2 cm³/mol. The first-order valence-electron chi connectivity index (χ1n) is 8.04. The summed E-state index contributed by atoms with van der Waals surface area (Å²) in [7, 11) is -2.77. The zero-order valence-corrected chi connectivity index (χ0v) is 15.4. The molecule has 0 heterocycles. The van der Waals surface area contributed by atoms with Gasteiger partial charge in [-0.1, -0.05) is 48.5 Å². The number of hydrogen-bond acceptors (Lipinski definition) is 4. The van der Waals surface area contributed by atoms with Crippen LogP contribution in [-0.4, -0.2) is 27.9 Å². The summed E-state index contributed by atoms with van der Waals surface area (Å²) in [5.74, 6) is 0. The Morgan fingerprint density at radius 3 is 2.19 bits per heavy atom. The summed E-state index contributed by atoms with van der Waals surface area (Å²) in [4.78, 5) is 31.7. The lowest BCUT2D eigenvalue weighted by Gasteiger charge is -2.22. The van der Waals surface area contributed by atoms with E-state index in [0.717, 1.165) is 16.7 Å². The lowest BCUT2D eigenvalue weighted by Crippen LogP contribution is -2.30. The average molecular weight is 378 g/mol. The highest BCUT2D eigenvalue weighted by molar-refractivity contribution is 7.50. The van der Waals surface area contributed by atoms with Crippen LogP contribution in [0.1, 0.15) is 22.3 Å². The predicted octanol–water partition coefficient (Wildman–Crippen LogP) is 2.59. The smallest absolute Gasteiger partial charge is 0.410 e. The number of benzene rings is 2. The second kappa shape index (κ2) is 8.96. The maximum atomic E-state index is 12.1. The number of ether oxygens (including phenoxy) is 1. The second-order valence-electron chi connectivity index (χ2n) is 5.99. The highest BCUT2D eigenvalue weighted by atomic mass is 31.2. The van der Waals surface area contributed by atoms with E-state index in [4.69, 9.17) is 20.3 Å². The van der Waals surface area contributed by atoms with Crippen LogP contribution in [0.2, 0.25) is 0 Å². The molecule has 0 saturated heterocycles. The summed E-state index contributed by atoms with van der Waals surface area (Å²) in [5.41, 5.74) is 8.95. The van der Waals surface area contributed by atoms with Crippen molar-refractivity contribution in [2.75, 3.05) is 7.11 Å². The van der Waals surface area contributed by atoms with E-state index in [-0.39, 0.29) is 6.16 Å². The van der Waals surface area contributed by atoms with Crippen molar-refractivity contribution in [3.8, 4) is 0 Å². The van der Waals surface area contributed by atoms with Crippen molar-refractivity contribution < 1.29 is 23.9 Å². The molecule has 1 amide bonds. The van der Waals surface area contributed by atoms with E-state index in [1.807, 2.05) is 24.3 Å². The fraction of sp³-hybridized carbons (Fsp3) is 0.278. The van der Waals surface area contributed by atoms with E-state index in [1.54, 1.807) is 29.2 Å². The Kier molecular flexibility index (Phi) is 6.94. The van der Waals surface area contributed by atoms with Crippen LogP contribution in [0.5, 0.6) is 0 Å². The van der Waals surface area contributed by atoms with Crippen molar-refractivity contribution in [1.29, 1.82) is 0 Å². The molecule has 0 radical (unpaired) electrons. The first-order valence-corrected chi connectivity index (χ1v) is 9.83. The summed E-state index contributed by atoms with van der Waals surface area (Å²) in [5, 5.41) is 0. The normalized spacial score (nSPS) is 11.2. The summed E-state index contributed by atoms with van der Waals surface area (Å²) in [6, 6.07) is 14.5. The molecule has 0 aliphatic rings. The van der Waals surface area contributed by atoms with Crippen LogP contribution in [-0.2, 0) is 35.1 Å². The molecule has 140 valence electrons. The molecule has 0 saturated carbocycles. The summed E-state index contributed by atoms with van der Waals surface area (Å²) in [6.07, 6.45) is -0.762. The SMILES string of the molecule is COC(=O)N(Cc1ccc(CP(=O)(O)O)cc1)Cc1cccc(CN)c1. The number of amides is 1. The van der Waals surface area contributed by atoms with E-state index in [1.165, 1.54) is 7.11 Å². The highest BCUT2D eigenvalue weighted by Gasteiger charge is 2.16. The molecule has 7 nitrogen and oxygen atoms in total. The minimum atomic E-state index is -4.10. The van der Waals surface area contributed by atoms with Crippen LogP contribution < -0.4 is 5.73 Å². The van der Waals surface area contributed by atoms with E-state index < -0.39 is 13.7 Å². The summed E-state index contributed by atoms with van der Waals surface area (Å²) in [6.45, 7) is 1.10. The fourth-order valence-corrected chi connectivity index (χ4v) is 3.28. The molecule has 26 heavy (non-hydrogen) atoms. The van der Waals surface area contributed by atoms with Crippen LogP contribution in [0.4, 0.5) is 4.79 Å². The molecule has 0 aromatic heterocycles. The quantitative estimate of drug-likeness (QED) is 0.638. The molecule has 2 rings (SSSR count). The monoisotopic (exact) mass is 378 g/mol. The Morgan fingerprint density at radius 2 is 1.62 bits per heavy atom. The number of hydrogen-bond donors (Lipinski definition) is 3. The first kappa shape index (κ1) is 20.1. The molecule has 0 aliphatic carbocycles. The van der Waals surface area contributed by atoms with Gasteiger partial charge in [0.05, 0.1) is 13.3 Å². The maximum Gasteiger partial charge on any atom is 0.410 e. The van der Waals surface area contributed by atoms with Gasteiger partial charge in [-0.25, -0.2) is 4.79 Å². The molecule has 2 aromatic rings. The minimum Gasteiger partial charge on any atom is -0.453 e. The molecular weight excluding hydrogens is 355 g/mol. The molecule has 0 fully saturated rings. The molecule has 4 N–H and O–H groups in total. The zero-order chi connectivity index (χ0) is 19.2. The van der Waals surface area contributed by atoms with Gasteiger partial charge in [-0.05, 0) is 22.3 Å². The average Bonchev–Trinajstić information content (AvgIpc) is 2.61. The van der Waals surface area contributed by atoms with Crippen LogP contribution in [0, 0.1) is 0 Å². The molecule has 0 atom stereocenters. The van der Waals surface area contributed by atoms with Gasteiger partial charge in [0.25, 0.3) is 0 Å². The Balaban J connectivity index is 2.12. The van der Waals surface area contributed by atoms with Crippen molar-refractivity contribution >= 4 is 13.7 Å². The lowest BCUT2D eigenvalue weighted by atomic mass is 10.1. The van der Waals surface area contributed by atoms with Crippen LogP contribution in [0.25, 0.3) is 0 Å². The number of carbonyl (C=O) groups excluding carboxylic acids is 1. The van der Waals surface area contributed by atoms with Crippen molar-refractivity contribution in [2.45, 2.75) is 25.8 Å². The lowest BCUT2D eigenvalue weighted by molar-refractivity contribution is 0.118. The molecule has 0 aliphatic heterocycles. The van der Waals surface area contributed by atoms with Crippen molar-refractivity contribution in [3.63, 3.8) is 0 Å². The molecule has 0 unspecified atom stereocenters. The molecule has 0 bridgehead atoms. The standard InChI is InChI=1S/C18H23N2O5P/c1-25-18(21)20(12-17-4-2-3-16(9-17)10-19)11-14-5-7-15(8-6-14)13-26(22,23)24/h2-9H,10-13,19H2,1H3,(H2,22,23,24). The van der Waals surface area contributed by atoms with Gasteiger partial charge in [0.1, 0.15) is 0 Å². The van der Waals surface area contributed by atoms with Gasteiger partial charge >= 0.3 is 13.7 Å². The number of rotatable bonds is 7. The topological polar surface area (TPSA) is 113 Å². The van der Waals surface area contributed by atoms with Gasteiger partial charge < -0.3 is 20.3 Å². The van der Waals surface area contributed by atoms with E-state index in [9.17, 15) is 9.36 Å². The van der Waals surface area contributed by atoms with Crippen LogP contribution >= 0.6 is 7.60 Å². The van der Waals surface area contributed by atoms with Gasteiger partial charge in [-0.3, -0.25) is 9.46 Å². The molecule has 8 heteroatoms. The Labute approximate surface area is 152 Å². The van der Waals surface area contributed by atoms with Gasteiger partial charge in [-0.2, -0.15) is 0 Å². The van der Waals surface area contributed by atoms with Crippen molar-refractivity contribution in [3.05, 3.63) is 70.8 Å². The van der Waals surface area contributed by atoms with Crippen LogP contribution in [0.3, 0.4) is 0 Å². The van der Waals surface area contributed by atoms with E-state index >= 15 is 0 Å². The maximum absolute atomic E-state index is 12.1. The third-order valence-electron chi connectivity index (χ3n) is 3.82. The molecular formula is C18H23N2O5P. The van der Waals surface area contributed by atoms with Gasteiger partial charge in [-0.15, -0.1) is 0 Å². The number of methoxy groups -OCH3 is 1. The van der Waals surface area contributed by atoms with Crippen molar-refractivity contribution in [2.24, 2.45) is 5.73 Å². The number of carbonyl (C=O) groups is 1.